The van der Waals surface area contributed by atoms with E-state index in [2.05, 4.69) is 14.3 Å². The number of imide groups is 1. The highest BCUT2D eigenvalue weighted by Gasteiger charge is 2.40. The molecule has 1 aliphatic heterocycles. The van der Waals surface area contributed by atoms with Crippen LogP contribution in [0, 0.1) is 0 Å². The summed E-state index contributed by atoms with van der Waals surface area (Å²) in [6, 6.07) is 0. The SMILES string of the molecule is COC(=O)OC(C)(C)C(=O)ON1C(=O)CCC1=O. The molecule has 0 saturated carbocycles. The smallest absolute Gasteiger partial charge is 0.438 e. The monoisotopic (exact) mass is 259 g/mol. The van der Waals surface area contributed by atoms with Gasteiger partial charge in [-0.15, -0.1) is 5.06 Å². The Balaban J connectivity index is 2.66. The molecule has 8 nitrogen and oxygen atoms in total. The molecule has 1 saturated heterocycles. The number of hydroxylamine groups is 2. The van der Waals surface area contributed by atoms with Gasteiger partial charge < -0.3 is 14.3 Å². The van der Waals surface area contributed by atoms with Crippen LogP contribution in [0.15, 0.2) is 0 Å². The van der Waals surface area contributed by atoms with Gasteiger partial charge in [0.15, 0.2) is 0 Å². The summed E-state index contributed by atoms with van der Waals surface area (Å²) < 4.78 is 8.88. The lowest BCUT2D eigenvalue weighted by molar-refractivity contribution is -0.209. The van der Waals surface area contributed by atoms with E-state index in [1.807, 2.05) is 0 Å². The standard InChI is InChI=1S/C10H13NO7/c1-10(2,17-9(15)16-3)8(14)18-11-6(12)4-5-7(11)13/h4-5H2,1-3H3. The van der Waals surface area contributed by atoms with E-state index >= 15 is 0 Å². The molecule has 0 aromatic carbocycles. The van der Waals surface area contributed by atoms with Crippen molar-refractivity contribution in [1.29, 1.82) is 0 Å². The van der Waals surface area contributed by atoms with E-state index in [0.29, 0.717) is 5.06 Å². The molecule has 0 aliphatic carbocycles. The van der Waals surface area contributed by atoms with Crippen LogP contribution in [0.25, 0.3) is 0 Å². The van der Waals surface area contributed by atoms with Gasteiger partial charge in [-0.3, -0.25) is 9.59 Å². The highest BCUT2D eigenvalue weighted by Crippen LogP contribution is 2.18. The normalized spacial score (nSPS) is 15.6. The molecule has 0 N–H and O–H groups in total. The van der Waals surface area contributed by atoms with Gasteiger partial charge in [0.05, 0.1) is 7.11 Å². The molecule has 0 atom stereocenters. The molecule has 0 aromatic heterocycles. The van der Waals surface area contributed by atoms with Crippen molar-refractivity contribution < 1.29 is 33.5 Å². The summed E-state index contributed by atoms with van der Waals surface area (Å²) in [5.41, 5.74) is -1.67. The summed E-state index contributed by atoms with van der Waals surface area (Å²) in [7, 11) is 1.08. The molecule has 0 radical (unpaired) electrons. The first-order valence-electron chi connectivity index (χ1n) is 5.13. The Morgan fingerprint density at radius 2 is 1.67 bits per heavy atom. The summed E-state index contributed by atoms with van der Waals surface area (Å²) >= 11 is 0. The van der Waals surface area contributed by atoms with Gasteiger partial charge in [-0.25, -0.2) is 9.59 Å². The Morgan fingerprint density at radius 1 is 1.17 bits per heavy atom. The van der Waals surface area contributed by atoms with Crippen molar-refractivity contribution >= 4 is 23.9 Å². The van der Waals surface area contributed by atoms with Gasteiger partial charge in [0.25, 0.3) is 11.8 Å². The molecule has 2 amide bonds. The van der Waals surface area contributed by atoms with Crippen LogP contribution in [-0.2, 0) is 28.7 Å². The first kappa shape index (κ1) is 13.9. The Labute approximate surface area is 103 Å². The zero-order chi connectivity index (χ0) is 13.9. The minimum atomic E-state index is -1.67. The summed E-state index contributed by atoms with van der Waals surface area (Å²) in [5, 5.41) is 0.380. The predicted octanol–water partition coefficient (Wildman–Crippen LogP) is 0.155. The van der Waals surface area contributed by atoms with Crippen molar-refractivity contribution in [1.82, 2.24) is 5.06 Å². The molecule has 1 aliphatic rings. The lowest BCUT2D eigenvalue weighted by Crippen LogP contribution is -2.44. The van der Waals surface area contributed by atoms with E-state index in [1.165, 1.54) is 13.8 Å². The minimum Gasteiger partial charge on any atom is -0.438 e. The number of rotatable bonds is 3. The molecule has 0 aromatic rings. The van der Waals surface area contributed by atoms with E-state index < -0.39 is 29.5 Å². The van der Waals surface area contributed by atoms with Gasteiger partial charge in [0, 0.05) is 12.8 Å². The van der Waals surface area contributed by atoms with Crippen LogP contribution >= 0.6 is 0 Å². The van der Waals surface area contributed by atoms with Gasteiger partial charge in [-0.1, -0.05) is 0 Å². The van der Waals surface area contributed by atoms with E-state index in [4.69, 9.17) is 0 Å². The van der Waals surface area contributed by atoms with E-state index in [0.717, 1.165) is 7.11 Å². The van der Waals surface area contributed by atoms with Crippen LogP contribution in [0.3, 0.4) is 0 Å². The van der Waals surface area contributed by atoms with Crippen molar-refractivity contribution in [2.45, 2.75) is 32.3 Å². The van der Waals surface area contributed by atoms with Crippen molar-refractivity contribution in [3.63, 3.8) is 0 Å². The van der Waals surface area contributed by atoms with E-state index in [-0.39, 0.29) is 12.8 Å². The summed E-state index contributed by atoms with van der Waals surface area (Å²) in [6.07, 6.45) is -1.09. The van der Waals surface area contributed by atoms with Crippen LogP contribution in [0.1, 0.15) is 26.7 Å². The second-order valence-electron chi connectivity index (χ2n) is 4.03. The van der Waals surface area contributed by atoms with Gasteiger partial charge in [-0.2, -0.15) is 0 Å². The van der Waals surface area contributed by atoms with Crippen LogP contribution in [-0.4, -0.2) is 41.7 Å². The molecular weight excluding hydrogens is 246 g/mol. The summed E-state index contributed by atoms with van der Waals surface area (Å²) in [4.78, 5) is 49.6. The molecule has 1 fully saturated rings. The zero-order valence-electron chi connectivity index (χ0n) is 10.2. The molecule has 0 spiro atoms. The Bertz CT molecular complexity index is 385. The summed E-state index contributed by atoms with van der Waals surface area (Å²) in [5.74, 6) is -2.26. The van der Waals surface area contributed by atoms with Crippen molar-refractivity contribution in [3.8, 4) is 0 Å². The van der Waals surface area contributed by atoms with Crippen LogP contribution in [0.5, 0.6) is 0 Å². The second-order valence-corrected chi connectivity index (χ2v) is 4.03. The minimum absolute atomic E-state index is 0.00952. The third kappa shape index (κ3) is 2.96. The number of methoxy groups -OCH3 is 1. The van der Waals surface area contributed by atoms with Crippen molar-refractivity contribution in [2.75, 3.05) is 7.11 Å². The van der Waals surface area contributed by atoms with E-state index in [9.17, 15) is 19.2 Å². The summed E-state index contributed by atoms with van der Waals surface area (Å²) in [6.45, 7) is 2.49. The fraction of sp³-hybridized carbons (Fsp3) is 0.600. The number of nitrogens with zero attached hydrogens (tertiary/aromatic N) is 1. The second kappa shape index (κ2) is 5.03. The third-order valence-corrected chi connectivity index (χ3v) is 2.18. The first-order chi connectivity index (χ1) is 8.27. The van der Waals surface area contributed by atoms with Gasteiger partial charge in [-0.05, 0) is 13.8 Å². The van der Waals surface area contributed by atoms with Crippen LogP contribution in [0.4, 0.5) is 4.79 Å². The zero-order valence-corrected chi connectivity index (χ0v) is 10.2. The maximum atomic E-state index is 11.7. The highest BCUT2D eigenvalue weighted by molar-refractivity contribution is 6.02. The maximum absolute atomic E-state index is 11.7. The number of ether oxygens (including phenoxy) is 2. The quantitative estimate of drug-likeness (QED) is 0.525. The highest BCUT2D eigenvalue weighted by atomic mass is 16.8. The Hall–Kier alpha value is -2.12. The fourth-order valence-electron chi connectivity index (χ4n) is 1.14. The maximum Gasteiger partial charge on any atom is 0.509 e. The molecule has 18 heavy (non-hydrogen) atoms. The molecule has 0 bridgehead atoms. The first-order valence-corrected chi connectivity index (χ1v) is 5.13. The third-order valence-electron chi connectivity index (χ3n) is 2.18. The van der Waals surface area contributed by atoms with Gasteiger partial charge in [0.1, 0.15) is 0 Å². The molecule has 1 rings (SSSR count). The average molecular weight is 259 g/mol. The largest absolute Gasteiger partial charge is 0.509 e. The predicted molar refractivity (Wildman–Crippen MR) is 54.7 cm³/mol. The Morgan fingerprint density at radius 3 is 2.11 bits per heavy atom. The van der Waals surface area contributed by atoms with Crippen molar-refractivity contribution in [3.05, 3.63) is 0 Å². The molecule has 8 heteroatoms. The number of amides is 2. The lowest BCUT2D eigenvalue weighted by Gasteiger charge is -2.23. The lowest BCUT2D eigenvalue weighted by atomic mass is 10.1. The molecule has 0 unspecified atom stereocenters. The topological polar surface area (TPSA) is 99.2 Å². The van der Waals surface area contributed by atoms with E-state index in [1.54, 1.807) is 0 Å². The average Bonchev–Trinajstić information content (AvgIpc) is 2.60. The van der Waals surface area contributed by atoms with Crippen LogP contribution < -0.4 is 0 Å². The molecular formula is C10H13NO7. The van der Waals surface area contributed by atoms with Crippen molar-refractivity contribution in [2.24, 2.45) is 0 Å². The van der Waals surface area contributed by atoms with Gasteiger partial charge in [0.2, 0.25) is 5.60 Å². The van der Waals surface area contributed by atoms with Crippen LogP contribution in [0.2, 0.25) is 0 Å². The number of hydrogen-bond donors (Lipinski definition) is 0. The number of carbonyl (C=O) groups excluding carboxylic acids is 4. The fourth-order valence-corrected chi connectivity index (χ4v) is 1.14. The molecule has 1 heterocycles. The molecule has 100 valence electrons. The number of carbonyl (C=O) groups is 4. The Kier molecular flexibility index (Phi) is 3.89. The number of hydrogen-bond acceptors (Lipinski definition) is 7. The van der Waals surface area contributed by atoms with Gasteiger partial charge >= 0.3 is 12.1 Å².